The van der Waals surface area contributed by atoms with E-state index >= 15 is 0 Å². The summed E-state index contributed by atoms with van der Waals surface area (Å²) in [6.07, 6.45) is 3.25. The summed E-state index contributed by atoms with van der Waals surface area (Å²) in [7, 11) is 0. The van der Waals surface area contributed by atoms with Crippen molar-refractivity contribution in [3.63, 3.8) is 0 Å². The summed E-state index contributed by atoms with van der Waals surface area (Å²) in [4.78, 5) is 23.1. The lowest BCUT2D eigenvalue weighted by atomic mass is 9.53. The Morgan fingerprint density at radius 2 is 1.84 bits per heavy atom. The first-order chi connectivity index (χ1) is 11.7. The highest BCUT2D eigenvalue weighted by Gasteiger charge is 2.56. The molecule has 2 atom stereocenters. The molecule has 25 heavy (non-hydrogen) atoms. The van der Waals surface area contributed by atoms with Gasteiger partial charge in [-0.15, -0.1) is 4.33 Å². The zero-order chi connectivity index (χ0) is 18.2. The maximum absolute atomic E-state index is 13.2. The highest BCUT2D eigenvalue weighted by Crippen LogP contribution is 2.56. The summed E-state index contributed by atoms with van der Waals surface area (Å²) < 4.78 is 39.4. The van der Waals surface area contributed by atoms with Crippen LogP contribution in [-0.2, 0) is 28.4 Å². The number of rotatable bonds is 7. The molecule has 2 unspecified atom stereocenters. The molecule has 0 radical (unpaired) electrons. The van der Waals surface area contributed by atoms with Gasteiger partial charge in [-0.1, -0.05) is 5.04 Å². The lowest BCUT2D eigenvalue weighted by Crippen LogP contribution is -2.58. The van der Waals surface area contributed by atoms with Crippen LogP contribution < -0.4 is 0 Å². The summed E-state index contributed by atoms with van der Waals surface area (Å²) in [6, 6.07) is 0. The van der Waals surface area contributed by atoms with E-state index in [1.807, 2.05) is 0 Å². The fraction of sp³-hybridized carbons (Fsp3) is 0.857. The highest BCUT2D eigenvalue weighted by molar-refractivity contribution is 7.96. The molecule has 4 fully saturated rings. The Balaban J connectivity index is 1.48. The van der Waals surface area contributed by atoms with Crippen molar-refractivity contribution in [1.29, 1.82) is 0 Å². The highest BCUT2D eigenvalue weighted by atomic mass is 32.2. The number of halogens is 2. The molecule has 8 nitrogen and oxygen atoms in total. The molecule has 11 heteroatoms. The van der Waals surface area contributed by atoms with Gasteiger partial charge in [-0.2, -0.15) is 8.78 Å². The number of carbonyl (C=O) groups excluding carboxylic acids is 2. The molecule has 4 rings (SSSR count). The molecule has 0 aromatic heterocycles. The minimum atomic E-state index is -4.16. The lowest BCUT2D eigenvalue weighted by molar-refractivity contribution is -0.433. The number of carbonyl (C=O) groups is 2. The van der Waals surface area contributed by atoms with Crippen molar-refractivity contribution in [1.82, 2.24) is 0 Å². The SMILES string of the molecule is O=C(COC(=O)C(F)(F)SOOO)OC1C2CC3CC1CC(O)(C3)C2. The fourth-order valence-corrected chi connectivity index (χ4v) is 4.86. The van der Waals surface area contributed by atoms with Crippen LogP contribution in [0.5, 0.6) is 0 Å². The first-order valence-corrected chi connectivity index (χ1v) is 8.59. The fourth-order valence-electron chi connectivity index (χ4n) is 4.61. The van der Waals surface area contributed by atoms with E-state index in [0.29, 0.717) is 18.8 Å². The Bertz CT molecular complexity index is 529. The van der Waals surface area contributed by atoms with E-state index in [1.54, 1.807) is 0 Å². The quantitative estimate of drug-likeness (QED) is 0.293. The van der Waals surface area contributed by atoms with Gasteiger partial charge in [0.05, 0.1) is 5.60 Å². The van der Waals surface area contributed by atoms with Crippen LogP contribution in [0.1, 0.15) is 32.1 Å². The van der Waals surface area contributed by atoms with Crippen molar-refractivity contribution in [2.75, 3.05) is 6.61 Å². The summed E-state index contributed by atoms with van der Waals surface area (Å²) in [5, 5.41) is 17.1. The van der Waals surface area contributed by atoms with Crippen LogP contribution in [-0.4, -0.2) is 45.9 Å². The molecule has 0 aromatic carbocycles. The topological polar surface area (TPSA) is 112 Å². The van der Waals surface area contributed by atoms with E-state index in [0.717, 1.165) is 19.3 Å². The van der Waals surface area contributed by atoms with Crippen LogP contribution in [0.4, 0.5) is 8.78 Å². The summed E-state index contributed by atoms with van der Waals surface area (Å²) in [5.74, 6) is -2.42. The van der Waals surface area contributed by atoms with Gasteiger partial charge in [0, 0.05) is 0 Å². The van der Waals surface area contributed by atoms with Crippen molar-refractivity contribution in [3.8, 4) is 0 Å². The van der Waals surface area contributed by atoms with Gasteiger partial charge < -0.3 is 14.6 Å². The number of hydrogen-bond donors (Lipinski definition) is 2. The molecule has 4 aliphatic carbocycles. The Kier molecular flexibility index (Phi) is 5.22. The van der Waals surface area contributed by atoms with E-state index in [9.17, 15) is 23.5 Å². The summed E-state index contributed by atoms with van der Waals surface area (Å²) in [5.41, 5.74) is -0.681. The van der Waals surface area contributed by atoms with E-state index in [1.165, 1.54) is 0 Å². The molecule has 0 amide bonds. The molecule has 0 aliphatic heterocycles. The summed E-state index contributed by atoms with van der Waals surface area (Å²) >= 11 is -0.768. The summed E-state index contributed by atoms with van der Waals surface area (Å²) in [6.45, 7) is -0.960. The van der Waals surface area contributed by atoms with E-state index in [4.69, 9.17) is 9.99 Å². The third-order valence-corrected chi connectivity index (χ3v) is 5.65. The Hall–Kier alpha value is -1.01. The molecule has 0 heterocycles. The van der Waals surface area contributed by atoms with Gasteiger partial charge in [-0.25, -0.2) is 14.8 Å². The number of hydrogen-bond acceptors (Lipinski definition) is 9. The van der Waals surface area contributed by atoms with Crippen molar-refractivity contribution in [2.24, 2.45) is 17.8 Å². The number of ether oxygens (including phenoxy) is 2. The Morgan fingerprint density at radius 1 is 1.20 bits per heavy atom. The van der Waals surface area contributed by atoms with Crippen molar-refractivity contribution < 1.29 is 47.6 Å². The molecule has 142 valence electrons. The maximum atomic E-state index is 13.2. The molecule has 2 N–H and O–H groups in total. The van der Waals surface area contributed by atoms with Gasteiger partial charge in [0.1, 0.15) is 18.1 Å². The molecular weight excluding hydrogens is 366 g/mol. The van der Waals surface area contributed by atoms with Crippen LogP contribution in [0.3, 0.4) is 0 Å². The second kappa shape index (κ2) is 6.95. The smallest absolute Gasteiger partial charge is 0.415 e. The van der Waals surface area contributed by atoms with Crippen LogP contribution in [0.15, 0.2) is 0 Å². The van der Waals surface area contributed by atoms with Crippen LogP contribution in [0.2, 0.25) is 0 Å². The second-order valence-electron chi connectivity index (χ2n) is 6.97. The average molecular weight is 384 g/mol. The van der Waals surface area contributed by atoms with Gasteiger partial charge in [-0.3, -0.25) is 0 Å². The van der Waals surface area contributed by atoms with E-state index in [-0.39, 0.29) is 17.9 Å². The second-order valence-corrected chi connectivity index (χ2v) is 7.78. The van der Waals surface area contributed by atoms with Gasteiger partial charge in [0.2, 0.25) is 0 Å². The predicted molar refractivity (Wildman–Crippen MR) is 76.7 cm³/mol. The van der Waals surface area contributed by atoms with Crippen LogP contribution in [0, 0.1) is 17.8 Å². The van der Waals surface area contributed by atoms with E-state index in [2.05, 4.69) is 14.1 Å². The van der Waals surface area contributed by atoms with Gasteiger partial charge >= 0.3 is 17.2 Å². The van der Waals surface area contributed by atoms with Gasteiger partial charge in [0.15, 0.2) is 6.61 Å². The average Bonchev–Trinajstić information content (AvgIpc) is 2.52. The largest absolute Gasteiger partial charge is 0.459 e. The number of esters is 2. The first kappa shape index (κ1) is 18.8. The Labute approximate surface area is 145 Å². The van der Waals surface area contributed by atoms with Gasteiger partial charge in [-0.05, 0) is 49.9 Å². The van der Waals surface area contributed by atoms with Gasteiger partial charge in [0.25, 0.3) is 0 Å². The third kappa shape index (κ3) is 4.05. The zero-order valence-electron chi connectivity index (χ0n) is 13.1. The van der Waals surface area contributed by atoms with Crippen molar-refractivity contribution >= 4 is 24.0 Å². The van der Waals surface area contributed by atoms with Crippen LogP contribution in [0.25, 0.3) is 0 Å². The molecule has 0 saturated heterocycles. The van der Waals surface area contributed by atoms with Crippen molar-refractivity contribution in [3.05, 3.63) is 0 Å². The number of aliphatic hydroxyl groups is 1. The zero-order valence-corrected chi connectivity index (χ0v) is 13.9. The Morgan fingerprint density at radius 3 is 2.40 bits per heavy atom. The third-order valence-electron chi connectivity index (χ3n) is 5.15. The monoisotopic (exact) mass is 384 g/mol. The molecule has 0 aromatic rings. The van der Waals surface area contributed by atoms with Crippen molar-refractivity contribution in [2.45, 2.75) is 49.1 Å². The standard InChI is InChI=1S/C14H18F2O8S/c15-14(16,25-24-23-20)12(18)21-6-10(17)22-11-8-1-7-2-9(11)5-13(19,3-7)4-8/h7-9,11,19-20H,1-6H2. The molecule has 4 aliphatic rings. The minimum Gasteiger partial charge on any atom is -0.459 e. The normalized spacial score (nSPS) is 36.3. The van der Waals surface area contributed by atoms with Crippen LogP contribution >= 0.6 is 12.0 Å². The molecule has 4 bridgehead atoms. The molecule has 4 saturated carbocycles. The molecular formula is C14H18F2O8S. The maximum Gasteiger partial charge on any atom is 0.415 e. The molecule has 0 spiro atoms. The minimum absolute atomic E-state index is 0.0444. The predicted octanol–water partition coefficient (Wildman–Crippen LogP) is 1.67. The first-order valence-electron chi connectivity index (χ1n) is 7.85. The lowest BCUT2D eigenvalue weighted by Gasteiger charge is -2.57. The van der Waals surface area contributed by atoms with E-state index < -0.39 is 41.4 Å². The number of alkyl halides is 2.